The highest BCUT2D eigenvalue weighted by molar-refractivity contribution is 5.63. The summed E-state index contributed by atoms with van der Waals surface area (Å²) in [4.78, 5) is 2.44. The van der Waals surface area contributed by atoms with Crippen molar-refractivity contribution >= 4 is 11.8 Å². The van der Waals surface area contributed by atoms with Crippen LogP contribution in [0.15, 0.2) is 54.6 Å². The van der Waals surface area contributed by atoms with E-state index in [2.05, 4.69) is 60.4 Å². The molecule has 0 unspecified atom stereocenters. The number of anilines is 1. The van der Waals surface area contributed by atoms with Gasteiger partial charge in [0.1, 0.15) is 5.75 Å². The molecule has 3 rings (SSSR count). The molecule has 2 aromatic rings. The first-order valence-corrected chi connectivity index (χ1v) is 7.45. The van der Waals surface area contributed by atoms with Crippen LogP contribution < -0.4 is 9.64 Å². The van der Waals surface area contributed by atoms with Crippen LogP contribution in [0.1, 0.15) is 18.1 Å². The van der Waals surface area contributed by atoms with Crippen molar-refractivity contribution < 1.29 is 4.74 Å². The van der Waals surface area contributed by atoms with Crippen molar-refractivity contribution in [2.75, 3.05) is 18.6 Å². The van der Waals surface area contributed by atoms with Crippen molar-refractivity contribution in [3.8, 4) is 5.75 Å². The van der Waals surface area contributed by atoms with Gasteiger partial charge in [0.15, 0.2) is 0 Å². The topological polar surface area (TPSA) is 12.5 Å². The summed E-state index contributed by atoms with van der Waals surface area (Å²) in [7, 11) is 1.72. The SMILES string of the molecule is COc1ccc2c(c1)N([C@H](C)/C=C/c1ccccc1)CC2. The first kappa shape index (κ1) is 13.7. The molecule has 0 N–H and O–H groups in total. The normalized spacial score (nSPS) is 15.2. The molecule has 0 aliphatic carbocycles. The van der Waals surface area contributed by atoms with Crippen molar-refractivity contribution in [3.63, 3.8) is 0 Å². The molecular weight excluding hydrogens is 258 g/mol. The van der Waals surface area contributed by atoms with E-state index >= 15 is 0 Å². The molecule has 1 atom stereocenters. The number of ether oxygens (including phenoxy) is 1. The lowest BCUT2D eigenvalue weighted by molar-refractivity contribution is 0.415. The summed E-state index contributed by atoms with van der Waals surface area (Å²) in [6.45, 7) is 3.32. The lowest BCUT2D eigenvalue weighted by atomic mass is 10.1. The third kappa shape index (κ3) is 2.94. The minimum Gasteiger partial charge on any atom is -0.497 e. The molecule has 0 radical (unpaired) electrons. The van der Waals surface area contributed by atoms with E-state index in [4.69, 9.17) is 4.74 Å². The molecule has 0 spiro atoms. The highest BCUT2D eigenvalue weighted by Gasteiger charge is 2.22. The summed E-state index contributed by atoms with van der Waals surface area (Å²) >= 11 is 0. The molecule has 21 heavy (non-hydrogen) atoms. The molecule has 1 aliphatic heterocycles. The third-order valence-corrected chi connectivity index (χ3v) is 4.08. The van der Waals surface area contributed by atoms with E-state index in [0.29, 0.717) is 6.04 Å². The zero-order chi connectivity index (χ0) is 14.7. The Kier molecular flexibility index (Phi) is 3.96. The molecule has 0 bridgehead atoms. The minimum absolute atomic E-state index is 0.374. The van der Waals surface area contributed by atoms with Gasteiger partial charge in [0.05, 0.1) is 7.11 Å². The quantitative estimate of drug-likeness (QED) is 0.833. The molecule has 0 saturated carbocycles. The summed E-state index contributed by atoms with van der Waals surface area (Å²) in [5.74, 6) is 0.930. The largest absolute Gasteiger partial charge is 0.497 e. The van der Waals surface area contributed by atoms with E-state index < -0.39 is 0 Å². The van der Waals surface area contributed by atoms with Crippen LogP contribution in [-0.4, -0.2) is 19.7 Å². The van der Waals surface area contributed by atoms with Crippen LogP contribution in [0.25, 0.3) is 6.08 Å². The summed E-state index contributed by atoms with van der Waals surface area (Å²) in [5.41, 5.74) is 3.96. The Morgan fingerprint density at radius 3 is 2.71 bits per heavy atom. The van der Waals surface area contributed by atoms with Gasteiger partial charge in [0.25, 0.3) is 0 Å². The smallest absolute Gasteiger partial charge is 0.120 e. The lowest BCUT2D eigenvalue weighted by Gasteiger charge is -2.25. The molecule has 2 nitrogen and oxygen atoms in total. The van der Waals surface area contributed by atoms with Gasteiger partial charge in [-0.15, -0.1) is 0 Å². The van der Waals surface area contributed by atoms with Crippen LogP contribution in [0.3, 0.4) is 0 Å². The number of rotatable bonds is 4. The molecule has 0 fully saturated rings. The maximum Gasteiger partial charge on any atom is 0.120 e. The zero-order valence-corrected chi connectivity index (χ0v) is 12.6. The Hall–Kier alpha value is -2.22. The average Bonchev–Trinajstić information content (AvgIpc) is 2.96. The standard InChI is InChI=1S/C19H21NO/c1-15(8-9-16-6-4-3-5-7-16)20-13-12-17-10-11-18(21-2)14-19(17)20/h3-11,14-15H,12-13H2,1-2H3/b9-8+/t15-/m1/s1. The Balaban J connectivity index is 1.78. The fourth-order valence-corrected chi connectivity index (χ4v) is 2.85. The van der Waals surface area contributed by atoms with E-state index in [1.165, 1.54) is 16.8 Å². The zero-order valence-electron chi connectivity index (χ0n) is 12.6. The van der Waals surface area contributed by atoms with Crippen LogP contribution in [0.5, 0.6) is 5.75 Å². The first-order valence-electron chi connectivity index (χ1n) is 7.45. The molecule has 0 saturated heterocycles. The van der Waals surface area contributed by atoms with E-state index in [1.807, 2.05) is 12.1 Å². The van der Waals surface area contributed by atoms with Crippen LogP contribution in [0.2, 0.25) is 0 Å². The molecule has 108 valence electrons. The second-order valence-electron chi connectivity index (χ2n) is 5.45. The lowest BCUT2D eigenvalue weighted by Crippen LogP contribution is -2.29. The molecule has 2 heteroatoms. The Labute approximate surface area is 126 Å². The van der Waals surface area contributed by atoms with Gasteiger partial charge in [0.2, 0.25) is 0 Å². The second kappa shape index (κ2) is 6.04. The van der Waals surface area contributed by atoms with Gasteiger partial charge in [-0.2, -0.15) is 0 Å². The maximum absolute atomic E-state index is 5.35. The summed E-state index contributed by atoms with van der Waals surface area (Å²) in [6, 6.07) is 17.2. The number of hydrogen-bond donors (Lipinski definition) is 0. The highest BCUT2D eigenvalue weighted by atomic mass is 16.5. The average molecular weight is 279 g/mol. The molecule has 0 amide bonds. The van der Waals surface area contributed by atoms with Crippen molar-refractivity contribution in [3.05, 3.63) is 65.7 Å². The van der Waals surface area contributed by atoms with Crippen molar-refractivity contribution in [1.82, 2.24) is 0 Å². The van der Waals surface area contributed by atoms with Gasteiger partial charge in [-0.25, -0.2) is 0 Å². The molecule has 1 aliphatic rings. The highest BCUT2D eigenvalue weighted by Crippen LogP contribution is 2.33. The van der Waals surface area contributed by atoms with Gasteiger partial charge in [-0.05, 0) is 30.5 Å². The number of benzene rings is 2. The number of nitrogens with zero attached hydrogens (tertiary/aromatic N) is 1. The van der Waals surface area contributed by atoms with Crippen molar-refractivity contribution in [1.29, 1.82) is 0 Å². The molecule has 1 heterocycles. The van der Waals surface area contributed by atoms with Crippen LogP contribution in [0.4, 0.5) is 5.69 Å². The number of fused-ring (bicyclic) bond motifs is 1. The Bertz CT molecular complexity index is 633. The van der Waals surface area contributed by atoms with E-state index in [0.717, 1.165) is 18.7 Å². The van der Waals surface area contributed by atoms with Crippen LogP contribution in [0, 0.1) is 0 Å². The van der Waals surface area contributed by atoms with Gasteiger partial charge in [0, 0.05) is 24.3 Å². The Morgan fingerprint density at radius 1 is 1.14 bits per heavy atom. The van der Waals surface area contributed by atoms with Crippen LogP contribution in [-0.2, 0) is 6.42 Å². The van der Waals surface area contributed by atoms with E-state index in [-0.39, 0.29) is 0 Å². The van der Waals surface area contributed by atoms with E-state index in [1.54, 1.807) is 7.11 Å². The molecular formula is C19H21NO. The predicted octanol–water partition coefficient (Wildman–Crippen LogP) is 4.16. The van der Waals surface area contributed by atoms with E-state index in [9.17, 15) is 0 Å². The number of methoxy groups -OCH3 is 1. The summed E-state index contributed by atoms with van der Waals surface area (Å²) < 4.78 is 5.35. The predicted molar refractivity (Wildman–Crippen MR) is 89.0 cm³/mol. The molecule has 2 aromatic carbocycles. The van der Waals surface area contributed by atoms with Gasteiger partial charge in [-0.3, -0.25) is 0 Å². The second-order valence-corrected chi connectivity index (χ2v) is 5.45. The van der Waals surface area contributed by atoms with Gasteiger partial charge < -0.3 is 9.64 Å². The monoisotopic (exact) mass is 279 g/mol. The van der Waals surface area contributed by atoms with Gasteiger partial charge >= 0.3 is 0 Å². The fraction of sp³-hybridized carbons (Fsp3) is 0.263. The van der Waals surface area contributed by atoms with Crippen molar-refractivity contribution in [2.24, 2.45) is 0 Å². The van der Waals surface area contributed by atoms with Gasteiger partial charge in [-0.1, -0.05) is 48.6 Å². The first-order chi connectivity index (χ1) is 10.3. The van der Waals surface area contributed by atoms with Crippen LogP contribution >= 0.6 is 0 Å². The summed E-state index contributed by atoms with van der Waals surface area (Å²) in [5, 5.41) is 0. The molecule has 0 aromatic heterocycles. The number of hydrogen-bond acceptors (Lipinski definition) is 2. The summed E-state index contributed by atoms with van der Waals surface area (Å²) in [6.07, 6.45) is 5.58. The Morgan fingerprint density at radius 2 is 1.95 bits per heavy atom. The van der Waals surface area contributed by atoms with Crippen molar-refractivity contribution in [2.45, 2.75) is 19.4 Å². The maximum atomic E-state index is 5.35. The minimum atomic E-state index is 0.374. The third-order valence-electron chi connectivity index (χ3n) is 4.08. The fourth-order valence-electron chi connectivity index (χ4n) is 2.85.